The van der Waals surface area contributed by atoms with Crippen molar-refractivity contribution in [2.75, 3.05) is 10.6 Å². The van der Waals surface area contributed by atoms with Gasteiger partial charge >= 0.3 is 0 Å². The van der Waals surface area contributed by atoms with E-state index < -0.39 is 5.72 Å². The molecule has 106 valence electrons. The van der Waals surface area contributed by atoms with Gasteiger partial charge in [-0.2, -0.15) is 0 Å². The monoisotopic (exact) mass is 326 g/mol. The standard InChI is InChI=1S/C15H23BrN2O/c1-15(2,19)18(12-6-4-3-5-7-12)14-9-8-11(16)10-13(14)17/h8-10,12,19H,3-7,17H2,1-2H3. The highest BCUT2D eigenvalue weighted by molar-refractivity contribution is 9.10. The molecule has 4 heteroatoms. The molecule has 0 spiro atoms. The number of aliphatic hydroxyl groups is 1. The lowest BCUT2D eigenvalue weighted by Crippen LogP contribution is -2.51. The van der Waals surface area contributed by atoms with E-state index in [2.05, 4.69) is 20.8 Å². The Morgan fingerprint density at radius 1 is 1.26 bits per heavy atom. The first-order valence-corrected chi connectivity index (χ1v) is 7.75. The molecular weight excluding hydrogens is 304 g/mol. The van der Waals surface area contributed by atoms with Gasteiger partial charge in [-0.25, -0.2) is 0 Å². The Balaban J connectivity index is 2.36. The zero-order chi connectivity index (χ0) is 14.0. The summed E-state index contributed by atoms with van der Waals surface area (Å²) in [6, 6.07) is 6.24. The van der Waals surface area contributed by atoms with E-state index in [9.17, 15) is 5.11 Å². The van der Waals surface area contributed by atoms with E-state index in [4.69, 9.17) is 5.73 Å². The Morgan fingerprint density at radius 3 is 2.42 bits per heavy atom. The minimum Gasteiger partial charge on any atom is -0.397 e. The van der Waals surface area contributed by atoms with Gasteiger partial charge in [0.05, 0.1) is 11.4 Å². The van der Waals surface area contributed by atoms with Gasteiger partial charge in [-0.3, -0.25) is 0 Å². The van der Waals surface area contributed by atoms with Gasteiger partial charge in [0.15, 0.2) is 0 Å². The maximum Gasteiger partial charge on any atom is 0.132 e. The summed E-state index contributed by atoms with van der Waals surface area (Å²) < 4.78 is 0.966. The van der Waals surface area contributed by atoms with Gasteiger partial charge < -0.3 is 15.7 Å². The van der Waals surface area contributed by atoms with Crippen LogP contribution < -0.4 is 10.6 Å². The zero-order valence-electron chi connectivity index (χ0n) is 11.7. The van der Waals surface area contributed by atoms with E-state index in [1.54, 1.807) is 0 Å². The first-order valence-electron chi connectivity index (χ1n) is 6.96. The second-order valence-electron chi connectivity index (χ2n) is 5.86. The average Bonchev–Trinajstić information content (AvgIpc) is 2.32. The van der Waals surface area contributed by atoms with Gasteiger partial charge in [-0.1, -0.05) is 35.2 Å². The number of anilines is 2. The lowest BCUT2D eigenvalue weighted by molar-refractivity contribution is 0.0618. The third-order valence-electron chi connectivity index (χ3n) is 3.78. The molecule has 3 nitrogen and oxygen atoms in total. The molecule has 0 aromatic heterocycles. The summed E-state index contributed by atoms with van der Waals surface area (Å²) in [5, 5.41) is 10.5. The van der Waals surface area contributed by atoms with Crippen LogP contribution in [0.1, 0.15) is 46.0 Å². The largest absolute Gasteiger partial charge is 0.397 e. The van der Waals surface area contributed by atoms with Gasteiger partial charge in [-0.15, -0.1) is 0 Å². The van der Waals surface area contributed by atoms with Gasteiger partial charge in [0.1, 0.15) is 5.72 Å². The second kappa shape index (κ2) is 5.71. The predicted molar refractivity (Wildman–Crippen MR) is 84.2 cm³/mol. The van der Waals surface area contributed by atoms with Crippen molar-refractivity contribution in [3.63, 3.8) is 0 Å². The maximum absolute atomic E-state index is 10.5. The van der Waals surface area contributed by atoms with Gasteiger partial charge in [-0.05, 0) is 44.9 Å². The fourth-order valence-electron chi connectivity index (χ4n) is 3.02. The number of benzene rings is 1. The summed E-state index contributed by atoms with van der Waals surface area (Å²) in [5.41, 5.74) is 6.89. The number of hydrogen-bond acceptors (Lipinski definition) is 3. The molecule has 19 heavy (non-hydrogen) atoms. The van der Waals surface area contributed by atoms with Crippen molar-refractivity contribution in [2.24, 2.45) is 0 Å². The number of nitrogens with zero attached hydrogens (tertiary/aromatic N) is 1. The highest BCUT2D eigenvalue weighted by Crippen LogP contribution is 2.36. The molecule has 1 aliphatic rings. The Hall–Kier alpha value is -0.740. The Kier molecular flexibility index (Phi) is 4.41. The summed E-state index contributed by atoms with van der Waals surface area (Å²) in [7, 11) is 0. The fourth-order valence-corrected chi connectivity index (χ4v) is 3.40. The van der Waals surface area contributed by atoms with Crippen LogP contribution in [0, 0.1) is 0 Å². The maximum atomic E-state index is 10.5. The topological polar surface area (TPSA) is 49.5 Å². The third kappa shape index (κ3) is 3.42. The second-order valence-corrected chi connectivity index (χ2v) is 6.78. The number of hydrogen-bond donors (Lipinski definition) is 2. The van der Waals surface area contributed by atoms with Crippen LogP contribution in [-0.2, 0) is 0 Å². The third-order valence-corrected chi connectivity index (χ3v) is 4.27. The molecule has 1 aliphatic carbocycles. The molecule has 0 amide bonds. The van der Waals surface area contributed by atoms with E-state index in [0.717, 1.165) is 23.0 Å². The van der Waals surface area contributed by atoms with Crippen LogP contribution in [0.25, 0.3) is 0 Å². The summed E-state index contributed by atoms with van der Waals surface area (Å²) in [6.45, 7) is 3.67. The first kappa shape index (κ1) is 14.7. The summed E-state index contributed by atoms with van der Waals surface area (Å²) in [5.74, 6) is 0. The van der Waals surface area contributed by atoms with Crippen molar-refractivity contribution in [1.82, 2.24) is 0 Å². The van der Waals surface area contributed by atoms with E-state index in [-0.39, 0.29) is 0 Å². The van der Waals surface area contributed by atoms with Gasteiger partial charge in [0.2, 0.25) is 0 Å². The van der Waals surface area contributed by atoms with Crippen LogP contribution in [0.4, 0.5) is 11.4 Å². The molecule has 1 aromatic carbocycles. The van der Waals surface area contributed by atoms with Crippen molar-refractivity contribution in [3.8, 4) is 0 Å². The van der Waals surface area contributed by atoms with Gasteiger partial charge in [0, 0.05) is 10.5 Å². The highest BCUT2D eigenvalue weighted by Gasteiger charge is 2.32. The van der Waals surface area contributed by atoms with Crippen molar-refractivity contribution in [1.29, 1.82) is 0 Å². The van der Waals surface area contributed by atoms with E-state index in [0.29, 0.717) is 11.7 Å². The molecule has 2 rings (SSSR count). The van der Waals surface area contributed by atoms with Crippen molar-refractivity contribution >= 4 is 27.3 Å². The Labute approximate surface area is 123 Å². The van der Waals surface area contributed by atoms with E-state index in [1.165, 1.54) is 19.3 Å². The van der Waals surface area contributed by atoms with E-state index in [1.807, 2.05) is 32.0 Å². The fraction of sp³-hybridized carbons (Fsp3) is 0.600. The molecule has 0 saturated heterocycles. The molecule has 1 saturated carbocycles. The normalized spacial score (nSPS) is 17.5. The summed E-state index contributed by atoms with van der Waals surface area (Å²) in [6.07, 6.45) is 6.01. The molecular formula is C15H23BrN2O. The molecule has 1 fully saturated rings. The minimum absolute atomic E-state index is 0.372. The van der Waals surface area contributed by atoms with Crippen LogP contribution in [-0.4, -0.2) is 16.9 Å². The van der Waals surface area contributed by atoms with E-state index >= 15 is 0 Å². The SMILES string of the molecule is CC(C)(O)N(c1ccc(Br)cc1N)C1CCCCC1. The number of rotatable bonds is 3. The lowest BCUT2D eigenvalue weighted by atomic mass is 9.92. The molecule has 0 radical (unpaired) electrons. The van der Waals surface area contributed by atoms with Crippen LogP contribution in [0.3, 0.4) is 0 Å². The minimum atomic E-state index is -0.899. The molecule has 3 N–H and O–H groups in total. The number of halogens is 1. The predicted octanol–water partition coefficient (Wildman–Crippen LogP) is 3.90. The Bertz CT molecular complexity index is 436. The zero-order valence-corrected chi connectivity index (χ0v) is 13.3. The van der Waals surface area contributed by atoms with Crippen LogP contribution in [0.2, 0.25) is 0 Å². The smallest absolute Gasteiger partial charge is 0.132 e. The van der Waals surface area contributed by atoms with Crippen molar-refractivity contribution in [3.05, 3.63) is 22.7 Å². The molecule has 0 bridgehead atoms. The van der Waals surface area contributed by atoms with Gasteiger partial charge in [0.25, 0.3) is 0 Å². The Morgan fingerprint density at radius 2 is 1.89 bits per heavy atom. The molecule has 0 unspecified atom stereocenters. The molecule has 0 aliphatic heterocycles. The van der Waals surface area contributed by atoms with Crippen molar-refractivity contribution < 1.29 is 5.11 Å². The first-order chi connectivity index (χ1) is 8.89. The quantitative estimate of drug-likeness (QED) is 0.654. The summed E-state index contributed by atoms with van der Waals surface area (Å²) >= 11 is 3.43. The number of nitrogen functional groups attached to an aromatic ring is 1. The van der Waals surface area contributed by atoms with Crippen LogP contribution in [0.15, 0.2) is 22.7 Å². The average molecular weight is 327 g/mol. The lowest BCUT2D eigenvalue weighted by Gasteiger charge is -2.44. The number of nitrogens with two attached hydrogens (primary N) is 1. The highest BCUT2D eigenvalue weighted by atomic mass is 79.9. The molecule has 0 atom stereocenters. The van der Waals surface area contributed by atoms with Crippen LogP contribution >= 0.6 is 15.9 Å². The van der Waals surface area contributed by atoms with Crippen LogP contribution in [0.5, 0.6) is 0 Å². The molecule has 1 aromatic rings. The molecule has 0 heterocycles. The van der Waals surface area contributed by atoms with Crippen molar-refractivity contribution in [2.45, 2.75) is 57.7 Å². The summed E-state index contributed by atoms with van der Waals surface area (Å²) in [4.78, 5) is 2.09.